The van der Waals surface area contributed by atoms with Crippen LogP contribution in [0.1, 0.15) is 57.7 Å². The number of unbranched alkanes of at least 4 members (excludes halogenated alkanes) is 1. The van der Waals surface area contributed by atoms with Crippen molar-refractivity contribution in [3.63, 3.8) is 0 Å². The summed E-state index contributed by atoms with van der Waals surface area (Å²) < 4.78 is 2.38. The molecule has 1 aromatic rings. The topological polar surface area (TPSA) is 29.9 Å². The van der Waals surface area contributed by atoms with E-state index in [0.717, 1.165) is 24.1 Å². The van der Waals surface area contributed by atoms with E-state index in [0.29, 0.717) is 6.04 Å². The molecule has 1 aromatic heterocycles. The molecule has 0 radical (unpaired) electrons. The minimum atomic E-state index is 0.653. The lowest BCUT2D eigenvalue weighted by Gasteiger charge is -2.20. The number of aryl methyl sites for hydroxylation is 1. The Labute approximate surface area is 105 Å². The van der Waals surface area contributed by atoms with Gasteiger partial charge in [-0.15, -0.1) is 0 Å². The maximum Gasteiger partial charge on any atom is 0.203 e. The maximum absolute atomic E-state index is 4.61. The monoisotopic (exact) mass is 235 g/mol. The number of rotatable bonds is 5. The summed E-state index contributed by atoms with van der Waals surface area (Å²) >= 11 is 0. The lowest BCUT2D eigenvalue weighted by atomic mass is 10.1. The normalized spacial score (nSPS) is 24.2. The predicted octanol–water partition coefficient (Wildman–Crippen LogP) is 3.76. The molecule has 0 saturated heterocycles. The van der Waals surface area contributed by atoms with Gasteiger partial charge in [-0.25, -0.2) is 4.98 Å². The summed E-state index contributed by atoms with van der Waals surface area (Å²) in [7, 11) is 0. The molecule has 1 N–H and O–H groups in total. The third kappa shape index (κ3) is 2.82. The van der Waals surface area contributed by atoms with E-state index in [1.54, 1.807) is 0 Å². The first-order valence-corrected chi connectivity index (χ1v) is 7.01. The molecule has 0 spiro atoms. The third-order valence-corrected chi connectivity index (χ3v) is 3.84. The van der Waals surface area contributed by atoms with Gasteiger partial charge in [0, 0.05) is 18.8 Å². The third-order valence-electron chi connectivity index (χ3n) is 3.84. The molecule has 0 aliphatic heterocycles. The highest BCUT2D eigenvalue weighted by molar-refractivity contribution is 5.29. The second kappa shape index (κ2) is 5.56. The summed E-state index contributed by atoms with van der Waals surface area (Å²) in [5.41, 5.74) is 1.13. The zero-order valence-corrected chi connectivity index (χ0v) is 11.4. The minimum absolute atomic E-state index is 0.653. The summed E-state index contributed by atoms with van der Waals surface area (Å²) in [6.45, 7) is 7.70. The van der Waals surface area contributed by atoms with Gasteiger partial charge in [0.05, 0.1) is 5.69 Å². The lowest BCUT2D eigenvalue weighted by molar-refractivity contribution is 0.410. The van der Waals surface area contributed by atoms with E-state index in [4.69, 9.17) is 0 Å². The molecule has 0 amide bonds. The average molecular weight is 235 g/mol. The largest absolute Gasteiger partial charge is 0.356 e. The van der Waals surface area contributed by atoms with E-state index in [-0.39, 0.29) is 0 Å². The molecule has 2 unspecified atom stereocenters. The minimum Gasteiger partial charge on any atom is -0.356 e. The van der Waals surface area contributed by atoms with Gasteiger partial charge in [0.2, 0.25) is 5.95 Å². The fourth-order valence-electron chi connectivity index (χ4n) is 2.82. The van der Waals surface area contributed by atoms with Crippen molar-refractivity contribution in [2.24, 2.45) is 5.92 Å². The molecule has 1 fully saturated rings. The standard InChI is InChI=1S/C14H25N3/c1-4-5-9-15-14-16-12(3)10-17(14)13-8-6-7-11(13)2/h10-11,13H,4-9H2,1-3H3,(H,15,16). The SMILES string of the molecule is CCCCNc1nc(C)cn1C1CCCC1C. The van der Waals surface area contributed by atoms with E-state index in [9.17, 15) is 0 Å². The number of hydrogen-bond donors (Lipinski definition) is 1. The number of nitrogens with zero attached hydrogens (tertiary/aromatic N) is 2. The number of nitrogens with one attached hydrogen (secondary N) is 1. The molecule has 96 valence electrons. The van der Waals surface area contributed by atoms with E-state index >= 15 is 0 Å². The Morgan fingerprint density at radius 3 is 2.94 bits per heavy atom. The molecule has 3 heteroatoms. The van der Waals surface area contributed by atoms with Crippen LogP contribution in [0.3, 0.4) is 0 Å². The Hall–Kier alpha value is -0.990. The maximum atomic E-state index is 4.61. The summed E-state index contributed by atoms with van der Waals surface area (Å²) in [6, 6.07) is 0.653. The molecule has 3 nitrogen and oxygen atoms in total. The summed E-state index contributed by atoms with van der Waals surface area (Å²) in [5.74, 6) is 1.87. The van der Waals surface area contributed by atoms with Crippen molar-refractivity contribution in [2.75, 3.05) is 11.9 Å². The van der Waals surface area contributed by atoms with Gasteiger partial charge in [-0.1, -0.05) is 26.7 Å². The first kappa shape index (κ1) is 12.5. The van der Waals surface area contributed by atoms with Crippen molar-refractivity contribution in [3.8, 4) is 0 Å². The molecule has 1 heterocycles. The summed E-state index contributed by atoms with van der Waals surface area (Å²) in [6.07, 6.45) is 8.67. The molecule has 1 aliphatic rings. The number of aromatic nitrogens is 2. The van der Waals surface area contributed by atoms with Crippen LogP contribution in [-0.4, -0.2) is 16.1 Å². The Bertz CT molecular complexity index is 356. The van der Waals surface area contributed by atoms with Gasteiger partial charge in [-0.05, 0) is 32.1 Å². The van der Waals surface area contributed by atoms with Crippen molar-refractivity contribution in [3.05, 3.63) is 11.9 Å². The summed E-state index contributed by atoms with van der Waals surface area (Å²) in [4.78, 5) is 4.61. The first-order valence-electron chi connectivity index (χ1n) is 7.01. The Balaban J connectivity index is 2.09. The van der Waals surface area contributed by atoms with E-state index in [2.05, 4.69) is 41.8 Å². The zero-order chi connectivity index (χ0) is 12.3. The van der Waals surface area contributed by atoms with Gasteiger partial charge >= 0.3 is 0 Å². The van der Waals surface area contributed by atoms with Crippen LogP contribution in [0, 0.1) is 12.8 Å². The van der Waals surface area contributed by atoms with Crippen molar-refractivity contribution in [1.29, 1.82) is 0 Å². The highest BCUT2D eigenvalue weighted by Crippen LogP contribution is 2.37. The van der Waals surface area contributed by atoms with Crippen LogP contribution in [0.15, 0.2) is 6.20 Å². The second-order valence-corrected chi connectivity index (χ2v) is 5.37. The highest BCUT2D eigenvalue weighted by atomic mass is 15.2. The van der Waals surface area contributed by atoms with Gasteiger partial charge in [-0.3, -0.25) is 0 Å². The van der Waals surface area contributed by atoms with Crippen LogP contribution >= 0.6 is 0 Å². The van der Waals surface area contributed by atoms with E-state index in [1.807, 2.05) is 0 Å². The van der Waals surface area contributed by atoms with Crippen molar-refractivity contribution in [2.45, 2.75) is 58.9 Å². The fourth-order valence-corrected chi connectivity index (χ4v) is 2.82. The molecule has 1 saturated carbocycles. The van der Waals surface area contributed by atoms with E-state index in [1.165, 1.54) is 32.1 Å². The van der Waals surface area contributed by atoms with Crippen LogP contribution in [0.5, 0.6) is 0 Å². The van der Waals surface area contributed by atoms with Gasteiger partial charge in [-0.2, -0.15) is 0 Å². The van der Waals surface area contributed by atoms with Gasteiger partial charge in [0.25, 0.3) is 0 Å². The zero-order valence-electron chi connectivity index (χ0n) is 11.4. The number of anilines is 1. The van der Waals surface area contributed by atoms with Crippen LogP contribution in [0.25, 0.3) is 0 Å². The average Bonchev–Trinajstić information content (AvgIpc) is 2.85. The number of imidazole rings is 1. The van der Waals surface area contributed by atoms with Crippen molar-refractivity contribution in [1.82, 2.24) is 9.55 Å². The Morgan fingerprint density at radius 1 is 1.47 bits per heavy atom. The van der Waals surface area contributed by atoms with Crippen LogP contribution in [-0.2, 0) is 0 Å². The molecular weight excluding hydrogens is 210 g/mol. The molecule has 2 rings (SSSR count). The molecule has 0 bridgehead atoms. The predicted molar refractivity (Wildman–Crippen MR) is 72.4 cm³/mol. The second-order valence-electron chi connectivity index (χ2n) is 5.37. The molecule has 0 aromatic carbocycles. The van der Waals surface area contributed by atoms with Crippen LogP contribution in [0.4, 0.5) is 5.95 Å². The lowest BCUT2D eigenvalue weighted by Crippen LogP contribution is -2.15. The Kier molecular flexibility index (Phi) is 4.08. The van der Waals surface area contributed by atoms with Crippen LogP contribution in [0.2, 0.25) is 0 Å². The van der Waals surface area contributed by atoms with Gasteiger partial charge < -0.3 is 9.88 Å². The Morgan fingerprint density at radius 2 is 2.29 bits per heavy atom. The molecule has 17 heavy (non-hydrogen) atoms. The van der Waals surface area contributed by atoms with Gasteiger partial charge in [0.15, 0.2) is 0 Å². The molecule has 2 atom stereocenters. The van der Waals surface area contributed by atoms with E-state index < -0.39 is 0 Å². The van der Waals surface area contributed by atoms with Gasteiger partial charge in [0.1, 0.15) is 0 Å². The summed E-state index contributed by atoms with van der Waals surface area (Å²) in [5, 5.41) is 3.48. The van der Waals surface area contributed by atoms with Crippen molar-refractivity contribution < 1.29 is 0 Å². The van der Waals surface area contributed by atoms with Crippen LogP contribution < -0.4 is 5.32 Å². The smallest absolute Gasteiger partial charge is 0.203 e. The quantitative estimate of drug-likeness (QED) is 0.787. The fraction of sp³-hybridized carbons (Fsp3) is 0.786. The highest BCUT2D eigenvalue weighted by Gasteiger charge is 2.26. The molecular formula is C14H25N3. The first-order chi connectivity index (χ1) is 8.22. The van der Waals surface area contributed by atoms with Crippen molar-refractivity contribution >= 4 is 5.95 Å². The number of hydrogen-bond acceptors (Lipinski definition) is 2. The molecule has 1 aliphatic carbocycles.